The van der Waals surface area contributed by atoms with Crippen LogP contribution in [0.2, 0.25) is 0 Å². The summed E-state index contributed by atoms with van der Waals surface area (Å²) in [6.07, 6.45) is 2.00. The minimum absolute atomic E-state index is 0.0122. The maximum Gasteiger partial charge on any atom is 0.208 e. The Bertz CT molecular complexity index is 243. The van der Waals surface area contributed by atoms with Gasteiger partial charge >= 0.3 is 0 Å². The Morgan fingerprint density at radius 2 is 1.85 bits per heavy atom. The van der Waals surface area contributed by atoms with Gasteiger partial charge in [-0.05, 0) is 11.8 Å². The molecule has 0 aromatic carbocycles. The predicted molar refractivity (Wildman–Crippen MR) is 59.6 cm³/mol. The average Bonchev–Trinajstić information content (AvgIpc) is 1.81. The molecule has 1 N–H and O–H groups in total. The minimum Gasteiger partial charge on any atom is -0.213 e. The van der Waals surface area contributed by atoms with E-state index in [4.69, 9.17) is 0 Å². The van der Waals surface area contributed by atoms with E-state index in [1.807, 2.05) is 20.8 Å². The SMILES string of the molecule is CC(C)(C)C(CCBr)NS(C)(=O)=O. The van der Waals surface area contributed by atoms with E-state index in [1.165, 1.54) is 6.26 Å². The number of alkyl halides is 1. The van der Waals surface area contributed by atoms with Crippen LogP contribution in [0.3, 0.4) is 0 Å². The van der Waals surface area contributed by atoms with Crippen molar-refractivity contribution in [1.29, 1.82) is 0 Å². The van der Waals surface area contributed by atoms with Gasteiger partial charge in [0.1, 0.15) is 0 Å². The largest absolute Gasteiger partial charge is 0.213 e. The minimum atomic E-state index is -3.10. The van der Waals surface area contributed by atoms with Gasteiger partial charge in [0, 0.05) is 11.4 Å². The van der Waals surface area contributed by atoms with Crippen LogP contribution >= 0.6 is 15.9 Å². The molecular weight excluding hydrogens is 254 g/mol. The number of rotatable bonds is 4. The monoisotopic (exact) mass is 271 g/mol. The van der Waals surface area contributed by atoms with Crippen molar-refractivity contribution in [2.75, 3.05) is 11.6 Å². The molecule has 0 saturated heterocycles. The van der Waals surface area contributed by atoms with E-state index >= 15 is 0 Å². The molecule has 0 heterocycles. The molecule has 0 fully saturated rings. The van der Waals surface area contributed by atoms with Crippen LogP contribution in [0.1, 0.15) is 27.2 Å². The van der Waals surface area contributed by atoms with Crippen LogP contribution in [0.25, 0.3) is 0 Å². The van der Waals surface area contributed by atoms with Crippen LogP contribution in [0.4, 0.5) is 0 Å². The van der Waals surface area contributed by atoms with Crippen molar-refractivity contribution in [3.63, 3.8) is 0 Å². The van der Waals surface area contributed by atoms with Crippen molar-refractivity contribution in [2.24, 2.45) is 5.41 Å². The molecule has 5 heteroatoms. The number of nitrogens with one attached hydrogen (secondary N) is 1. The van der Waals surface area contributed by atoms with E-state index in [2.05, 4.69) is 20.7 Å². The third kappa shape index (κ3) is 6.46. The van der Waals surface area contributed by atoms with Gasteiger partial charge in [-0.25, -0.2) is 13.1 Å². The second-order valence-corrected chi connectivity index (χ2v) is 6.86. The van der Waals surface area contributed by atoms with Crippen molar-refractivity contribution in [1.82, 2.24) is 4.72 Å². The first kappa shape index (κ1) is 13.4. The summed E-state index contributed by atoms with van der Waals surface area (Å²) in [5.41, 5.74) is -0.0448. The van der Waals surface area contributed by atoms with E-state index in [0.717, 1.165) is 11.8 Å². The lowest BCUT2D eigenvalue weighted by Gasteiger charge is -2.30. The van der Waals surface area contributed by atoms with Gasteiger partial charge in [0.05, 0.1) is 6.26 Å². The summed E-state index contributed by atoms with van der Waals surface area (Å²) in [5.74, 6) is 0. The third-order valence-electron chi connectivity index (χ3n) is 1.80. The van der Waals surface area contributed by atoms with Gasteiger partial charge in [0.25, 0.3) is 0 Å². The maximum absolute atomic E-state index is 11.0. The Morgan fingerprint density at radius 1 is 1.38 bits per heavy atom. The molecule has 1 unspecified atom stereocenters. The second-order valence-electron chi connectivity index (χ2n) is 4.29. The zero-order valence-corrected chi connectivity index (χ0v) is 11.0. The summed E-state index contributed by atoms with van der Waals surface area (Å²) in [4.78, 5) is 0. The van der Waals surface area contributed by atoms with E-state index in [0.29, 0.717) is 0 Å². The first-order chi connectivity index (χ1) is 5.67. The molecule has 0 amide bonds. The summed E-state index contributed by atoms with van der Waals surface area (Å²) in [6.45, 7) is 6.08. The van der Waals surface area contributed by atoms with Crippen molar-refractivity contribution >= 4 is 26.0 Å². The quantitative estimate of drug-likeness (QED) is 0.792. The van der Waals surface area contributed by atoms with Crippen LogP contribution in [-0.4, -0.2) is 26.0 Å². The molecule has 3 nitrogen and oxygen atoms in total. The van der Waals surface area contributed by atoms with Gasteiger partial charge < -0.3 is 0 Å². The average molecular weight is 272 g/mol. The lowest BCUT2D eigenvalue weighted by Crippen LogP contribution is -2.43. The van der Waals surface area contributed by atoms with E-state index < -0.39 is 10.0 Å². The van der Waals surface area contributed by atoms with E-state index in [-0.39, 0.29) is 11.5 Å². The first-order valence-electron chi connectivity index (χ1n) is 4.20. The summed E-state index contributed by atoms with van der Waals surface area (Å²) in [6, 6.07) is -0.0122. The van der Waals surface area contributed by atoms with E-state index in [9.17, 15) is 8.42 Å². The Balaban J connectivity index is 4.45. The summed E-state index contributed by atoms with van der Waals surface area (Å²) in [5, 5.41) is 0.803. The maximum atomic E-state index is 11.0. The molecule has 0 aliphatic heterocycles. The highest BCUT2D eigenvalue weighted by atomic mass is 79.9. The molecule has 0 rings (SSSR count). The first-order valence-corrected chi connectivity index (χ1v) is 7.21. The van der Waals surface area contributed by atoms with Crippen molar-refractivity contribution in [3.05, 3.63) is 0 Å². The number of hydrogen-bond acceptors (Lipinski definition) is 2. The fourth-order valence-electron chi connectivity index (χ4n) is 1.04. The molecular formula is C8H18BrNO2S. The molecule has 13 heavy (non-hydrogen) atoms. The standard InChI is InChI=1S/C8H18BrNO2S/c1-8(2,3)7(5-6-9)10-13(4,11)12/h7,10H,5-6H2,1-4H3. The number of sulfonamides is 1. The normalized spacial score (nSPS) is 15.8. The summed E-state index contributed by atoms with van der Waals surface area (Å²) in [7, 11) is -3.10. The molecule has 0 aromatic heterocycles. The molecule has 0 bridgehead atoms. The van der Waals surface area contributed by atoms with Crippen LogP contribution < -0.4 is 4.72 Å². The molecule has 0 saturated carbocycles. The van der Waals surface area contributed by atoms with E-state index in [1.54, 1.807) is 0 Å². The Labute approximate surface area is 89.5 Å². The van der Waals surface area contributed by atoms with Crippen molar-refractivity contribution in [2.45, 2.75) is 33.2 Å². The fourth-order valence-corrected chi connectivity index (χ4v) is 2.48. The molecule has 1 atom stereocenters. The highest BCUT2D eigenvalue weighted by Crippen LogP contribution is 2.22. The molecule has 0 spiro atoms. The molecule has 80 valence electrons. The van der Waals surface area contributed by atoms with Crippen LogP contribution in [0.5, 0.6) is 0 Å². The highest BCUT2D eigenvalue weighted by Gasteiger charge is 2.26. The molecule has 0 aromatic rings. The predicted octanol–water partition coefficient (Wildman–Crippen LogP) is 1.74. The second kappa shape index (κ2) is 4.75. The summed E-state index contributed by atoms with van der Waals surface area (Å²) < 4.78 is 24.7. The van der Waals surface area contributed by atoms with Crippen molar-refractivity contribution in [3.8, 4) is 0 Å². The fraction of sp³-hybridized carbons (Fsp3) is 1.00. The lowest BCUT2D eigenvalue weighted by molar-refractivity contribution is 0.294. The van der Waals surface area contributed by atoms with Gasteiger partial charge in [-0.15, -0.1) is 0 Å². The van der Waals surface area contributed by atoms with Crippen molar-refractivity contribution < 1.29 is 8.42 Å². The molecule has 0 aliphatic carbocycles. The van der Waals surface area contributed by atoms with Crippen LogP contribution in [0.15, 0.2) is 0 Å². The van der Waals surface area contributed by atoms with Gasteiger partial charge in [-0.2, -0.15) is 0 Å². The number of hydrogen-bond donors (Lipinski definition) is 1. The highest BCUT2D eigenvalue weighted by molar-refractivity contribution is 9.09. The smallest absolute Gasteiger partial charge is 0.208 e. The third-order valence-corrected chi connectivity index (χ3v) is 2.97. The summed E-state index contributed by atoms with van der Waals surface area (Å²) >= 11 is 3.32. The topological polar surface area (TPSA) is 46.2 Å². The Hall–Kier alpha value is 0.390. The van der Waals surface area contributed by atoms with Crippen LogP contribution in [0, 0.1) is 5.41 Å². The Morgan fingerprint density at radius 3 is 2.08 bits per heavy atom. The Kier molecular flexibility index (Phi) is 4.90. The zero-order valence-electron chi connectivity index (χ0n) is 8.59. The van der Waals surface area contributed by atoms with Gasteiger partial charge in [-0.1, -0.05) is 36.7 Å². The zero-order chi connectivity index (χ0) is 10.7. The number of halogens is 1. The molecule has 0 radical (unpaired) electrons. The molecule has 0 aliphatic rings. The van der Waals surface area contributed by atoms with Crippen LogP contribution in [-0.2, 0) is 10.0 Å². The van der Waals surface area contributed by atoms with Gasteiger partial charge in [-0.3, -0.25) is 0 Å². The lowest BCUT2D eigenvalue weighted by atomic mass is 9.86. The van der Waals surface area contributed by atoms with Gasteiger partial charge in [0.2, 0.25) is 10.0 Å². The van der Waals surface area contributed by atoms with Gasteiger partial charge in [0.15, 0.2) is 0 Å².